The first-order chi connectivity index (χ1) is 11.3. The minimum absolute atomic E-state index is 0.255. The summed E-state index contributed by atoms with van der Waals surface area (Å²) in [4.78, 5) is 17.3. The fraction of sp³-hybridized carbons (Fsp3) is 0.111. The second-order valence-electron chi connectivity index (χ2n) is 5.04. The van der Waals surface area contributed by atoms with Gasteiger partial charge in [-0.25, -0.2) is 9.78 Å². The van der Waals surface area contributed by atoms with E-state index in [2.05, 4.69) is 12.1 Å². The number of benzene rings is 2. The van der Waals surface area contributed by atoms with E-state index < -0.39 is 0 Å². The van der Waals surface area contributed by atoms with Crippen molar-refractivity contribution < 1.29 is 9.53 Å². The third-order valence-corrected chi connectivity index (χ3v) is 5.78. The predicted molar refractivity (Wildman–Crippen MR) is 96.4 cm³/mol. The number of thiophene rings is 1. The van der Waals surface area contributed by atoms with Crippen molar-refractivity contribution in [3.8, 4) is 10.6 Å². The molecular weight excluding hydrogens is 326 g/mol. The van der Waals surface area contributed by atoms with Gasteiger partial charge < -0.3 is 4.74 Å². The molecule has 0 spiro atoms. The third kappa shape index (κ3) is 2.52. The highest BCUT2D eigenvalue weighted by atomic mass is 32.1. The normalized spacial score (nSPS) is 11.2. The molecule has 114 valence electrons. The van der Waals surface area contributed by atoms with Gasteiger partial charge in [0, 0.05) is 15.6 Å². The number of nitrogens with zero attached hydrogens (tertiary/aromatic N) is 1. The summed E-state index contributed by atoms with van der Waals surface area (Å²) < 4.78 is 7.31. The van der Waals surface area contributed by atoms with Gasteiger partial charge in [0.15, 0.2) is 0 Å². The Hall–Kier alpha value is -2.24. The van der Waals surface area contributed by atoms with Crippen LogP contribution in [0.1, 0.15) is 16.6 Å². The lowest BCUT2D eigenvalue weighted by Crippen LogP contribution is -2.01. The van der Waals surface area contributed by atoms with Crippen molar-refractivity contribution in [3.05, 3.63) is 53.4 Å². The van der Waals surface area contributed by atoms with Crippen LogP contribution in [0.4, 0.5) is 0 Å². The summed E-state index contributed by atoms with van der Waals surface area (Å²) in [6, 6.07) is 16.1. The van der Waals surface area contributed by atoms with E-state index in [1.54, 1.807) is 11.3 Å². The fourth-order valence-electron chi connectivity index (χ4n) is 2.51. The summed E-state index contributed by atoms with van der Waals surface area (Å²) in [7, 11) is 0. The molecule has 0 radical (unpaired) electrons. The Bertz CT molecular complexity index is 1000. The van der Waals surface area contributed by atoms with Gasteiger partial charge >= 0.3 is 5.97 Å². The number of aromatic nitrogens is 1. The highest BCUT2D eigenvalue weighted by Crippen LogP contribution is 2.38. The van der Waals surface area contributed by atoms with Crippen LogP contribution >= 0.6 is 22.7 Å². The van der Waals surface area contributed by atoms with Crippen molar-refractivity contribution in [2.45, 2.75) is 6.92 Å². The second kappa shape index (κ2) is 5.76. The van der Waals surface area contributed by atoms with Crippen molar-refractivity contribution >= 4 is 48.9 Å². The summed E-state index contributed by atoms with van der Waals surface area (Å²) >= 11 is 3.13. The summed E-state index contributed by atoms with van der Waals surface area (Å²) in [6.07, 6.45) is 0. The zero-order valence-corrected chi connectivity index (χ0v) is 14.0. The molecule has 2 aromatic carbocycles. The fourth-order valence-corrected chi connectivity index (χ4v) is 4.62. The first-order valence-electron chi connectivity index (χ1n) is 7.32. The molecule has 0 saturated heterocycles. The van der Waals surface area contributed by atoms with E-state index in [1.807, 2.05) is 43.3 Å². The molecule has 4 rings (SSSR count). The lowest BCUT2D eigenvalue weighted by molar-refractivity contribution is 0.0532. The van der Waals surface area contributed by atoms with E-state index in [1.165, 1.54) is 11.3 Å². The maximum Gasteiger partial charge on any atom is 0.348 e. The molecule has 0 atom stereocenters. The van der Waals surface area contributed by atoms with E-state index in [0.29, 0.717) is 11.5 Å². The quantitative estimate of drug-likeness (QED) is 0.472. The number of thiazole rings is 1. The first-order valence-corrected chi connectivity index (χ1v) is 8.95. The van der Waals surface area contributed by atoms with Gasteiger partial charge in [-0.1, -0.05) is 30.3 Å². The van der Waals surface area contributed by atoms with Crippen LogP contribution in [0.2, 0.25) is 0 Å². The van der Waals surface area contributed by atoms with Gasteiger partial charge in [-0.15, -0.1) is 22.7 Å². The Morgan fingerprint density at radius 1 is 1.13 bits per heavy atom. The number of hydrogen-bond acceptors (Lipinski definition) is 5. The predicted octanol–water partition coefficient (Wildman–Crippen LogP) is 5.35. The molecule has 2 heterocycles. The average molecular weight is 339 g/mol. The zero-order valence-electron chi connectivity index (χ0n) is 12.4. The lowest BCUT2D eigenvalue weighted by atomic mass is 10.2. The number of carbonyl (C=O) groups is 1. The van der Waals surface area contributed by atoms with Gasteiger partial charge in [-0.3, -0.25) is 0 Å². The van der Waals surface area contributed by atoms with Crippen molar-refractivity contribution in [1.82, 2.24) is 4.98 Å². The second-order valence-corrected chi connectivity index (χ2v) is 7.12. The topological polar surface area (TPSA) is 39.2 Å². The van der Waals surface area contributed by atoms with Crippen LogP contribution in [0.5, 0.6) is 0 Å². The van der Waals surface area contributed by atoms with Gasteiger partial charge in [-0.05, 0) is 25.1 Å². The van der Waals surface area contributed by atoms with Crippen LogP contribution in [0.25, 0.3) is 30.9 Å². The number of fused-ring (bicyclic) bond motifs is 3. The van der Waals surface area contributed by atoms with Crippen molar-refractivity contribution in [2.75, 3.05) is 6.61 Å². The zero-order chi connectivity index (χ0) is 15.8. The van der Waals surface area contributed by atoms with Crippen LogP contribution in [0, 0.1) is 0 Å². The molecule has 5 heteroatoms. The monoisotopic (exact) mass is 339 g/mol. The summed E-state index contributed by atoms with van der Waals surface area (Å²) in [5.74, 6) is -0.255. The first kappa shape index (κ1) is 14.4. The van der Waals surface area contributed by atoms with E-state index in [4.69, 9.17) is 9.72 Å². The molecule has 0 aliphatic rings. The molecule has 0 N–H and O–H groups in total. The molecule has 0 bridgehead atoms. The van der Waals surface area contributed by atoms with Gasteiger partial charge in [0.2, 0.25) is 0 Å². The van der Waals surface area contributed by atoms with E-state index >= 15 is 0 Å². The SMILES string of the molecule is CCOC(=O)c1cc2c(ccc3nc(-c4ccccc4)sc32)s1. The molecule has 0 amide bonds. The Kier molecular flexibility index (Phi) is 3.59. The van der Waals surface area contributed by atoms with Crippen molar-refractivity contribution in [3.63, 3.8) is 0 Å². The summed E-state index contributed by atoms with van der Waals surface area (Å²) in [5, 5.41) is 2.08. The minimum Gasteiger partial charge on any atom is -0.462 e. The van der Waals surface area contributed by atoms with Crippen LogP contribution in [-0.4, -0.2) is 17.6 Å². The molecule has 4 aromatic rings. The van der Waals surface area contributed by atoms with E-state index in [9.17, 15) is 4.79 Å². The Morgan fingerprint density at radius 2 is 1.96 bits per heavy atom. The maximum absolute atomic E-state index is 12.0. The third-order valence-electron chi connectivity index (χ3n) is 3.55. The maximum atomic E-state index is 12.0. The van der Waals surface area contributed by atoms with Crippen molar-refractivity contribution in [1.29, 1.82) is 0 Å². The molecule has 0 aliphatic heterocycles. The van der Waals surface area contributed by atoms with Crippen LogP contribution < -0.4 is 0 Å². The standard InChI is InChI=1S/C18H13NO2S2/c1-2-21-18(20)15-10-12-14(22-15)9-8-13-16(12)23-17(19-13)11-6-4-3-5-7-11/h3-10H,2H2,1H3. The smallest absolute Gasteiger partial charge is 0.348 e. The summed E-state index contributed by atoms with van der Waals surface area (Å²) in [5.41, 5.74) is 2.08. The number of rotatable bonds is 3. The number of carbonyl (C=O) groups excluding carboxylic acids is 1. The number of esters is 1. The van der Waals surface area contributed by atoms with Crippen LogP contribution in [0.3, 0.4) is 0 Å². The highest BCUT2D eigenvalue weighted by molar-refractivity contribution is 7.25. The van der Waals surface area contributed by atoms with Gasteiger partial charge in [0.25, 0.3) is 0 Å². The molecule has 3 nitrogen and oxygen atoms in total. The number of hydrogen-bond donors (Lipinski definition) is 0. The Labute approximate surface area is 141 Å². The van der Waals surface area contributed by atoms with Crippen LogP contribution in [-0.2, 0) is 4.74 Å². The molecule has 0 saturated carbocycles. The lowest BCUT2D eigenvalue weighted by Gasteiger charge is -1.95. The molecule has 0 unspecified atom stereocenters. The molecule has 0 aliphatic carbocycles. The van der Waals surface area contributed by atoms with E-state index in [0.717, 1.165) is 30.9 Å². The largest absolute Gasteiger partial charge is 0.462 e. The van der Waals surface area contributed by atoms with Crippen LogP contribution in [0.15, 0.2) is 48.5 Å². The van der Waals surface area contributed by atoms with Gasteiger partial charge in [-0.2, -0.15) is 0 Å². The van der Waals surface area contributed by atoms with Gasteiger partial charge in [0.05, 0.1) is 16.8 Å². The molecular formula is C18H13NO2S2. The van der Waals surface area contributed by atoms with Crippen molar-refractivity contribution in [2.24, 2.45) is 0 Å². The highest BCUT2D eigenvalue weighted by Gasteiger charge is 2.15. The van der Waals surface area contributed by atoms with E-state index in [-0.39, 0.29) is 5.97 Å². The molecule has 0 fully saturated rings. The Morgan fingerprint density at radius 3 is 2.74 bits per heavy atom. The molecule has 2 aromatic heterocycles. The number of ether oxygens (including phenoxy) is 1. The van der Waals surface area contributed by atoms with Gasteiger partial charge in [0.1, 0.15) is 9.88 Å². The minimum atomic E-state index is -0.255. The average Bonchev–Trinajstić information content (AvgIpc) is 3.19. The summed E-state index contributed by atoms with van der Waals surface area (Å²) in [6.45, 7) is 2.21. The Balaban J connectivity index is 1.88. The molecule has 23 heavy (non-hydrogen) atoms.